The summed E-state index contributed by atoms with van der Waals surface area (Å²) in [4.78, 5) is 27.5. The predicted molar refractivity (Wildman–Crippen MR) is 65.1 cm³/mol. The van der Waals surface area contributed by atoms with Crippen LogP contribution < -0.4 is 5.56 Å². The number of nitrogens with zero attached hydrogens (tertiary/aromatic N) is 2. The zero-order valence-corrected chi connectivity index (χ0v) is 10.6. The third-order valence-electron chi connectivity index (χ3n) is 2.17. The molecule has 0 unspecified atom stereocenters. The first-order valence-electron chi connectivity index (χ1n) is 4.97. The number of hydrogen-bond donors (Lipinski definition) is 0. The SMILES string of the molecule is CCOC(=O)c1cnc2cc(Br)ccn2c1=O. The summed E-state index contributed by atoms with van der Waals surface area (Å²) in [5, 5.41) is 0. The number of carbonyl (C=O) groups is 1. The molecule has 0 N–H and O–H groups in total. The smallest absolute Gasteiger partial charge is 0.345 e. The monoisotopic (exact) mass is 296 g/mol. The number of hydrogen-bond acceptors (Lipinski definition) is 4. The van der Waals surface area contributed by atoms with Gasteiger partial charge in [0.05, 0.1) is 6.61 Å². The van der Waals surface area contributed by atoms with Crippen LogP contribution in [0.1, 0.15) is 17.3 Å². The van der Waals surface area contributed by atoms with Crippen LogP contribution in [0.5, 0.6) is 0 Å². The number of carbonyl (C=O) groups excluding carboxylic acids is 1. The van der Waals surface area contributed by atoms with E-state index in [1.807, 2.05) is 0 Å². The Labute approximate surface area is 105 Å². The highest BCUT2D eigenvalue weighted by Crippen LogP contribution is 2.10. The highest BCUT2D eigenvalue weighted by atomic mass is 79.9. The van der Waals surface area contributed by atoms with Crippen LogP contribution in [0.25, 0.3) is 5.65 Å². The molecular formula is C11H9BrN2O3. The fraction of sp³-hybridized carbons (Fsp3) is 0.182. The fourth-order valence-electron chi connectivity index (χ4n) is 1.40. The van der Waals surface area contributed by atoms with Gasteiger partial charge in [-0.15, -0.1) is 0 Å². The molecule has 0 aliphatic rings. The molecule has 17 heavy (non-hydrogen) atoms. The van der Waals surface area contributed by atoms with Crippen molar-refractivity contribution in [2.24, 2.45) is 0 Å². The number of pyridine rings is 1. The first kappa shape index (κ1) is 11.8. The largest absolute Gasteiger partial charge is 0.462 e. The number of rotatable bonds is 2. The highest BCUT2D eigenvalue weighted by molar-refractivity contribution is 9.10. The minimum absolute atomic E-state index is 0.0633. The second kappa shape index (κ2) is 4.67. The van der Waals surface area contributed by atoms with E-state index in [9.17, 15) is 9.59 Å². The summed E-state index contributed by atoms with van der Waals surface area (Å²) in [5.41, 5.74) is -0.0231. The van der Waals surface area contributed by atoms with Gasteiger partial charge in [-0.3, -0.25) is 9.20 Å². The number of esters is 1. The van der Waals surface area contributed by atoms with Crippen LogP contribution in [0.4, 0.5) is 0 Å². The lowest BCUT2D eigenvalue weighted by atomic mass is 10.3. The first-order chi connectivity index (χ1) is 8.13. The Bertz CT molecular complexity index is 636. The lowest BCUT2D eigenvalue weighted by Gasteiger charge is -2.03. The van der Waals surface area contributed by atoms with Gasteiger partial charge in [-0.2, -0.15) is 0 Å². The number of fused-ring (bicyclic) bond motifs is 1. The van der Waals surface area contributed by atoms with Crippen molar-refractivity contribution < 1.29 is 9.53 Å². The topological polar surface area (TPSA) is 60.7 Å². The third-order valence-corrected chi connectivity index (χ3v) is 2.66. The average molecular weight is 297 g/mol. The molecule has 2 rings (SSSR count). The summed E-state index contributed by atoms with van der Waals surface area (Å²) in [6.45, 7) is 1.91. The zero-order valence-electron chi connectivity index (χ0n) is 9.01. The van der Waals surface area contributed by atoms with Gasteiger partial charge in [-0.1, -0.05) is 15.9 Å². The molecule has 88 valence electrons. The van der Waals surface area contributed by atoms with Crippen LogP contribution in [0, 0.1) is 0 Å². The van der Waals surface area contributed by atoms with E-state index in [1.165, 1.54) is 10.6 Å². The Morgan fingerprint density at radius 1 is 1.59 bits per heavy atom. The summed E-state index contributed by atoms with van der Waals surface area (Å²) in [5.74, 6) is -0.651. The molecule has 0 spiro atoms. The first-order valence-corrected chi connectivity index (χ1v) is 5.77. The molecule has 6 heteroatoms. The fourth-order valence-corrected chi connectivity index (χ4v) is 1.72. The molecule has 0 bridgehead atoms. The van der Waals surface area contributed by atoms with Crippen molar-refractivity contribution in [1.29, 1.82) is 0 Å². The number of aromatic nitrogens is 2. The average Bonchev–Trinajstić information content (AvgIpc) is 2.29. The van der Waals surface area contributed by atoms with Gasteiger partial charge in [0.15, 0.2) is 0 Å². The third kappa shape index (κ3) is 2.21. The van der Waals surface area contributed by atoms with Crippen LogP contribution in [-0.4, -0.2) is 22.0 Å². The Kier molecular flexibility index (Phi) is 3.23. The molecular weight excluding hydrogens is 288 g/mol. The Balaban J connectivity index is 2.62. The Morgan fingerprint density at radius 3 is 3.06 bits per heavy atom. The van der Waals surface area contributed by atoms with Crippen LogP contribution in [0.15, 0.2) is 33.8 Å². The van der Waals surface area contributed by atoms with Crippen molar-refractivity contribution >= 4 is 27.5 Å². The van der Waals surface area contributed by atoms with E-state index in [0.29, 0.717) is 5.65 Å². The van der Waals surface area contributed by atoms with Crippen LogP contribution >= 0.6 is 15.9 Å². The molecule has 2 aromatic rings. The number of ether oxygens (including phenoxy) is 1. The highest BCUT2D eigenvalue weighted by Gasteiger charge is 2.13. The molecule has 2 heterocycles. The van der Waals surface area contributed by atoms with Crippen molar-refractivity contribution in [2.45, 2.75) is 6.92 Å². The van der Waals surface area contributed by atoms with Crippen molar-refractivity contribution in [2.75, 3.05) is 6.61 Å². The van der Waals surface area contributed by atoms with Gasteiger partial charge in [0.2, 0.25) is 0 Å². The minimum Gasteiger partial charge on any atom is -0.462 e. The van der Waals surface area contributed by atoms with Gasteiger partial charge in [-0.25, -0.2) is 9.78 Å². The van der Waals surface area contributed by atoms with Crippen LogP contribution in [0.2, 0.25) is 0 Å². The van der Waals surface area contributed by atoms with Crippen molar-refractivity contribution in [3.05, 3.63) is 44.9 Å². The Hall–Kier alpha value is -1.69. The molecule has 0 saturated heterocycles. The van der Waals surface area contributed by atoms with E-state index in [1.54, 1.807) is 25.3 Å². The van der Waals surface area contributed by atoms with Gasteiger partial charge in [0.25, 0.3) is 5.56 Å². The molecule has 5 nitrogen and oxygen atoms in total. The second-order valence-electron chi connectivity index (χ2n) is 3.27. The quantitative estimate of drug-likeness (QED) is 0.791. The molecule has 0 saturated carbocycles. The van der Waals surface area contributed by atoms with E-state index >= 15 is 0 Å². The molecule has 0 aliphatic carbocycles. The normalized spacial score (nSPS) is 10.5. The lowest BCUT2D eigenvalue weighted by Crippen LogP contribution is -2.24. The van der Waals surface area contributed by atoms with E-state index < -0.39 is 11.5 Å². The van der Waals surface area contributed by atoms with Crippen LogP contribution in [0.3, 0.4) is 0 Å². The van der Waals surface area contributed by atoms with Crippen molar-refractivity contribution in [3.63, 3.8) is 0 Å². The molecule has 0 fully saturated rings. The molecule has 2 aromatic heterocycles. The summed E-state index contributed by atoms with van der Waals surface area (Å²) >= 11 is 3.28. The molecule has 0 aliphatic heterocycles. The van der Waals surface area contributed by atoms with E-state index in [2.05, 4.69) is 20.9 Å². The maximum Gasteiger partial charge on any atom is 0.345 e. The van der Waals surface area contributed by atoms with Gasteiger partial charge >= 0.3 is 5.97 Å². The standard InChI is InChI=1S/C11H9BrN2O3/c1-2-17-11(16)8-6-13-9-5-7(12)3-4-14(9)10(8)15/h3-6H,2H2,1H3. The summed E-state index contributed by atoms with van der Waals surface area (Å²) in [7, 11) is 0. The van der Waals surface area contributed by atoms with Crippen molar-refractivity contribution in [3.8, 4) is 0 Å². The predicted octanol–water partition coefficient (Wildman–Crippen LogP) is 1.63. The maximum absolute atomic E-state index is 12.0. The number of halogens is 1. The second-order valence-corrected chi connectivity index (χ2v) is 4.19. The summed E-state index contributed by atoms with van der Waals surface area (Å²) < 4.78 is 6.90. The van der Waals surface area contributed by atoms with Gasteiger partial charge in [0, 0.05) is 16.9 Å². The molecule has 0 radical (unpaired) electrons. The molecule has 0 atom stereocenters. The van der Waals surface area contributed by atoms with Crippen LogP contribution in [-0.2, 0) is 4.74 Å². The van der Waals surface area contributed by atoms with Gasteiger partial charge in [-0.05, 0) is 19.1 Å². The van der Waals surface area contributed by atoms with Crippen molar-refractivity contribution in [1.82, 2.24) is 9.38 Å². The van der Waals surface area contributed by atoms with E-state index in [0.717, 1.165) is 4.47 Å². The molecule has 0 aromatic carbocycles. The molecule has 0 amide bonds. The summed E-state index contributed by atoms with van der Waals surface area (Å²) in [6.07, 6.45) is 2.79. The van der Waals surface area contributed by atoms with E-state index in [-0.39, 0.29) is 12.2 Å². The zero-order chi connectivity index (χ0) is 12.4. The lowest BCUT2D eigenvalue weighted by molar-refractivity contribution is 0.0523. The maximum atomic E-state index is 12.0. The van der Waals surface area contributed by atoms with E-state index in [4.69, 9.17) is 4.74 Å². The summed E-state index contributed by atoms with van der Waals surface area (Å²) in [6, 6.07) is 3.39. The van der Waals surface area contributed by atoms with Gasteiger partial charge < -0.3 is 4.74 Å². The Morgan fingerprint density at radius 2 is 2.35 bits per heavy atom. The van der Waals surface area contributed by atoms with Gasteiger partial charge in [0.1, 0.15) is 11.2 Å². The minimum atomic E-state index is -0.651.